The van der Waals surface area contributed by atoms with Gasteiger partial charge in [0.15, 0.2) is 5.38 Å². The number of ether oxygens (including phenoxy) is 1. The Morgan fingerprint density at radius 1 is 1.50 bits per heavy atom. The highest BCUT2D eigenvalue weighted by molar-refractivity contribution is 6.34. The van der Waals surface area contributed by atoms with Gasteiger partial charge in [0.2, 0.25) is 5.72 Å². The molecule has 0 bridgehead atoms. The first-order valence-electron chi connectivity index (χ1n) is 4.54. The number of hydrogen-bond acceptors (Lipinski definition) is 3. The van der Waals surface area contributed by atoms with Crippen molar-refractivity contribution in [2.24, 2.45) is 0 Å². The molecule has 2 aliphatic heterocycles. The molecular formula is C9H8ClNO3. The van der Waals surface area contributed by atoms with Crippen molar-refractivity contribution in [2.45, 2.75) is 30.0 Å². The van der Waals surface area contributed by atoms with Crippen molar-refractivity contribution < 1.29 is 14.3 Å². The maximum atomic E-state index is 11.5. The second-order valence-corrected chi connectivity index (χ2v) is 4.24. The molecule has 3 rings (SSSR count). The van der Waals surface area contributed by atoms with Crippen molar-refractivity contribution in [1.82, 2.24) is 4.90 Å². The predicted molar refractivity (Wildman–Crippen MR) is 47.5 cm³/mol. The molecule has 2 heterocycles. The van der Waals surface area contributed by atoms with Crippen LogP contribution in [0, 0.1) is 0 Å². The molecule has 5 heteroatoms. The van der Waals surface area contributed by atoms with Crippen LogP contribution in [0.4, 0.5) is 0 Å². The minimum absolute atomic E-state index is 0.131. The van der Waals surface area contributed by atoms with E-state index < -0.39 is 17.1 Å². The van der Waals surface area contributed by atoms with Crippen LogP contribution in [0.1, 0.15) is 12.8 Å². The summed E-state index contributed by atoms with van der Waals surface area (Å²) in [6, 6.07) is 0.216. The summed E-state index contributed by atoms with van der Waals surface area (Å²) in [6.45, 7) is 0. The summed E-state index contributed by atoms with van der Waals surface area (Å²) in [6.07, 6.45) is 4.87. The molecule has 2 unspecified atom stereocenters. The second kappa shape index (κ2) is 2.31. The molecule has 0 N–H and O–H groups in total. The summed E-state index contributed by atoms with van der Waals surface area (Å²) < 4.78 is 5.10. The molecular weight excluding hydrogens is 206 g/mol. The van der Waals surface area contributed by atoms with Gasteiger partial charge in [-0.1, -0.05) is 0 Å². The number of halogens is 1. The van der Waals surface area contributed by atoms with Gasteiger partial charge < -0.3 is 4.74 Å². The van der Waals surface area contributed by atoms with E-state index in [1.165, 1.54) is 6.08 Å². The number of likely N-dealkylation sites (tertiary alicyclic amines) is 1. The molecule has 4 nitrogen and oxygen atoms in total. The number of carbonyl (C=O) groups is 2. The number of nitrogens with zero attached hydrogens (tertiary/aromatic N) is 1. The molecule has 0 aromatic rings. The number of carbonyl (C=O) groups excluding carboxylic acids is 2. The predicted octanol–water partition coefficient (Wildman–Crippen LogP) is 0.408. The highest BCUT2D eigenvalue weighted by Gasteiger charge is 2.66. The quantitative estimate of drug-likeness (QED) is 0.360. The first kappa shape index (κ1) is 8.29. The standard InChI is InChI=1S/C9H8ClNO3/c10-7-8(13)11(5-1-2-5)9(7)4-3-6(12)14-9/h3-5,7H,1-2H2. The zero-order valence-corrected chi connectivity index (χ0v) is 8.03. The van der Waals surface area contributed by atoms with Gasteiger partial charge in [0.25, 0.3) is 5.91 Å². The van der Waals surface area contributed by atoms with Crippen molar-refractivity contribution in [3.05, 3.63) is 12.2 Å². The van der Waals surface area contributed by atoms with E-state index in [2.05, 4.69) is 0 Å². The SMILES string of the molecule is O=C1C=CC2(O1)C(Cl)C(=O)N2C1CC1. The summed E-state index contributed by atoms with van der Waals surface area (Å²) in [5.74, 6) is -0.553. The van der Waals surface area contributed by atoms with Crippen molar-refractivity contribution in [1.29, 1.82) is 0 Å². The fourth-order valence-electron chi connectivity index (χ4n) is 2.01. The highest BCUT2D eigenvalue weighted by Crippen LogP contribution is 2.47. The van der Waals surface area contributed by atoms with E-state index in [9.17, 15) is 9.59 Å². The van der Waals surface area contributed by atoms with Gasteiger partial charge in [-0.3, -0.25) is 9.69 Å². The lowest BCUT2D eigenvalue weighted by molar-refractivity contribution is -0.196. The van der Waals surface area contributed by atoms with Gasteiger partial charge in [-0.15, -0.1) is 11.6 Å². The van der Waals surface area contributed by atoms with Crippen molar-refractivity contribution in [2.75, 3.05) is 0 Å². The number of β-lactam (4-membered cyclic amide) rings is 1. The molecule has 1 saturated heterocycles. The van der Waals surface area contributed by atoms with Crippen LogP contribution in [0.15, 0.2) is 12.2 Å². The van der Waals surface area contributed by atoms with E-state index in [-0.39, 0.29) is 11.9 Å². The van der Waals surface area contributed by atoms with Gasteiger partial charge in [0.1, 0.15) is 0 Å². The molecule has 2 fully saturated rings. The average Bonchev–Trinajstić information content (AvgIpc) is 2.90. The maximum absolute atomic E-state index is 11.5. The van der Waals surface area contributed by atoms with Crippen LogP contribution in [-0.4, -0.2) is 33.9 Å². The number of alkyl halides is 1. The van der Waals surface area contributed by atoms with Crippen molar-refractivity contribution in [3.63, 3.8) is 0 Å². The minimum Gasteiger partial charge on any atom is -0.430 e. The van der Waals surface area contributed by atoms with E-state index in [0.29, 0.717) is 0 Å². The monoisotopic (exact) mass is 213 g/mol. The molecule has 2 atom stereocenters. The van der Waals surface area contributed by atoms with Crippen LogP contribution in [0.3, 0.4) is 0 Å². The Hall–Kier alpha value is -1.03. The summed E-state index contributed by atoms with van der Waals surface area (Å²) >= 11 is 5.87. The third-order valence-corrected chi connectivity index (χ3v) is 3.33. The molecule has 0 aromatic heterocycles. The largest absolute Gasteiger partial charge is 0.430 e. The summed E-state index contributed by atoms with van der Waals surface area (Å²) in [7, 11) is 0. The number of rotatable bonds is 1. The second-order valence-electron chi connectivity index (χ2n) is 3.81. The normalized spacial score (nSPS) is 40.4. The van der Waals surface area contributed by atoms with Gasteiger partial charge in [-0.25, -0.2) is 4.79 Å². The highest BCUT2D eigenvalue weighted by atomic mass is 35.5. The van der Waals surface area contributed by atoms with Crippen LogP contribution >= 0.6 is 11.6 Å². The Balaban J connectivity index is 1.94. The summed E-state index contributed by atoms with van der Waals surface area (Å²) in [5.41, 5.74) is -0.961. The zero-order valence-electron chi connectivity index (χ0n) is 7.27. The van der Waals surface area contributed by atoms with Crippen LogP contribution in [-0.2, 0) is 14.3 Å². The van der Waals surface area contributed by atoms with Gasteiger partial charge in [0.05, 0.1) is 0 Å². The summed E-state index contributed by atoms with van der Waals surface area (Å²) in [5, 5.41) is -0.745. The molecule has 1 saturated carbocycles. The number of esters is 1. The van der Waals surface area contributed by atoms with E-state index in [4.69, 9.17) is 16.3 Å². The Labute approximate surface area is 85.5 Å². The molecule has 1 amide bonds. The van der Waals surface area contributed by atoms with Crippen molar-refractivity contribution >= 4 is 23.5 Å². The van der Waals surface area contributed by atoms with Crippen LogP contribution in [0.2, 0.25) is 0 Å². The Morgan fingerprint density at radius 3 is 2.71 bits per heavy atom. The van der Waals surface area contributed by atoms with E-state index in [1.807, 2.05) is 0 Å². The van der Waals surface area contributed by atoms with Gasteiger partial charge >= 0.3 is 5.97 Å². The van der Waals surface area contributed by atoms with Gasteiger partial charge in [-0.05, 0) is 18.9 Å². The van der Waals surface area contributed by atoms with Gasteiger partial charge in [-0.2, -0.15) is 0 Å². The van der Waals surface area contributed by atoms with E-state index in [1.54, 1.807) is 11.0 Å². The number of amides is 1. The Kier molecular flexibility index (Phi) is 1.37. The van der Waals surface area contributed by atoms with Crippen LogP contribution in [0.5, 0.6) is 0 Å². The lowest BCUT2D eigenvalue weighted by Gasteiger charge is -2.50. The smallest absolute Gasteiger partial charge is 0.333 e. The molecule has 14 heavy (non-hydrogen) atoms. The molecule has 74 valence electrons. The molecule has 0 radical (unpaired) electrons. The van der Waals surface area contributed by atoms with E-state index in [0.717, 1.165) is 12.8 Å². The lowest BCUT2D eigenvalue weighted by atomic mass is 9.96. The first-order valence-corrected chi connectivity index (χ1v) is 4.98. The Morgan fingerprint density at radius 2 is 2.21 bits per heavy atom. The molecule has 1 spiro atoms. The fourth-order valence-corrected chi connectivity index (χ4v) is 2.34. The molecule has 1 aliphatic carbocycles. The fraction of sp³-hybridized carbons (Fsp3) is 0.556. The zero-order chi connectivity index (χ0) is 9.92. The first-order chi connectivity index (χ1) is 6.65. The number of hydrogen-bond donors (Lipinski definition) is 0. The molecule has 3 aliphatic rings. The van der Waals surface area contributed by atoms with Crippen molar-refractivity contribution in [3.8, 4) is 0 Å². The van der Waals surface area contributed by atoms with Crippen LogP contribution < -0.4 is 0 Å². The Bertz CT molecular complexity index is 363. The van der Waals surface area contributed by atoms with Crippen LogP contribution in [0.25, 0.3) is 0 Å². The minimum atomic E-state index is -0.961. The third kappa shape index (κ3) is 0.798. The molecule has 0 aromatic carbocycles. The lowest BCUT2D eigenvalue weighted by Crippen LogP contribution is -2.72. The van der Waals surface area contributed by atoms with Gasteiger partial charge in [0, 0.05) is 12.1 Å². The summed E-state index contributed by atoms with van der Waals surface area (Å²) in [4.78, 5) is 24.1. The average molecular weight is 214 g/mol. The third-order valence-electron chi connectivity index (χ3n) is 2.83. The topological polar surface area (TPSA) is 46.6 Å². The maximum Gasteiger partial charge on any atom is 0.333 e. The van der Waals surface area contributed by atoms with E-state index >= 15 is 0 Å².